The lowest BCUT2D eigenvalue weighted by atomic mass is 10.1. The zero-order valence-corrected chi connectivity index (χ0v) is 13.5. The van der Waals surface area contributed by atoms with Gasteiger partial charge in [0.15, 0.2) is 0 Å². The second-order valence-corrected chi connectivity index (χ2v) is 5.51. The molecule has 0 amide bonds. The Morgan fingerprint density at radius 3 is 2.12 bits per heavy atom. The van der Waals surface area contributed by atoms with Gasteiger partial charge in [-0.05, 0) is 54.7 Å². The van der Waals surface area contributed by atoms with Gasteiger partial charge in [0.25, 0.3) is 0 Å². The second kappa shape index (κ2) is 9.72. The Morgan fingerprint density at radius 1 is 1.12 bits per heavy atom. The topological polar surface area (TPSA) is 26.3 Å². The van der Waals surface area contributed by atoms with Crippen molar-refractivity contribution < 1.29 is 18.3 Å². The average molecular weight is 346 g/mol. The fourth-order valence-electron chi connectivity index (χ4n) is 2.38. The standard InChI is InChI=1S/C12H13FO2.C8H7F.CH4/c1-2-15-12(14)11-7-10(11)8-3-5-9(13)6-4-8;1-2-7-3-5-8(9)6-4-7;/h3-6,10-11H,2,7H2,1H3;2-6H,1H2;1H4. The first-order valence-corrected chi connectivity index (χ1v) is 7.85. The van der Waals surface area contributed by atoms with E-state index < -0.39 is 0 Å². The molecule has 2 unspecified atom stereocenters. The van der Waals surface area contributed by atoms with Crippen LogP contribution in [-0.2, 0) is 9.53 Å². The number of hydrogen-bond donors (Lipinski definition) is 0. The fraction of sp³-hybridized carbons (Fsp3) is 0.286. The number of ether oxygens (including phenoxy) is 1. The first kappa shape index (κ1) is 20.6. The molecular weight excluding hydrogens is 322 g/mol. The van der Waals surface area contributed by atoms with E-state index >= 15 is 0 Å². The number of esters is 1. The lowest BCUT2D eigenvalue weighted by Crippen LogP contribution is -2.07. The Balaban J connectivity index is 0.000000270. The molecule has 2 nitrogen and oxygen atoms in total. The van der Waals surface area contributed by atoms with Crippen molar-refractivity contribution in [1.82, 2.24) is 0 Å². The smallest absolute Gasteiger partial charge is 0.309 e. The number of halogens is 2. The van der Waals surface area contributed by atoms with Crippen LogP contribution in [0.15, 0.2) is 55.1 Å². The minimum atomic E-state index is -0.243. The zero-order valence-electron chi connectivity index (χ0n) is 13.5. The predicted molar refractivity (Wildman–Crippen MR) is 97.1 cm³/mol. The summed E-state index contributed by atoms with van der Waals surface area (Å²) in [5.74, 6) is -0.375. The molecule has 2 atom stereocenters. The van der Waals surface area contributed by atoms with Gasteiger partial charge < -0.3 is 4.74 Å². The molecule has 134 valence electrons. The lowest BCUT2D eigenvalue weighted by Gasteiger charge is -2.01. The number of hydrogen-bond acceptors (Lipinski definition) is 2. The highest BCUT2D eigenvalue weighted by Crippen LogP contribution is 2.48. The number of rotatable bonds is 4. The number of benzene rings is 2. The summed E-state index contributed by atoms with van der Waals surface area (Å²) in [4.78, 5) is 11.4. The van der Waals surface area contributed by atoms with Gasteiger partial charge in [-0.1, -0.05) is 44.3 Å². The molecule has 3 rings (SSSR count). The van der Waals surface area contributed by atoms with Gasteiger partial charge in [-0.25, -0.2) is 8.78 Å². The van der Waals surface area contributed by atoms with Gasteiger partial charge in [0.05, 0.1) is 12.5 Å². The van der Waals surface area contributed by atoms with E-state index in [1.54, 1.807) is 37.3 Å². The van der Waals surface area contributed by atoms with Crippen molar-refractivity contribution in [3.05, 3.63) is 77.9 Å². The summed E-state index contributed by atoms with van der Waals surface area (Å²) in [6.07, 6.45) is 2.50. The number of carbonyl (C=O) groups excluding carboxylic acids is 1. The van der Waals surface area contributed by atoms with Gasteiger partial charge in [-0.2, -0.15) is 0 Å². The van der Waals surface area contributed by atoms with E-state index in [1.165, 1.54) is 24.3 Å². The van der Waals surface area contributed by atoms with Crippen LogP contribution in [-0.4, -0.2) is 12.6 Å². The summed E-state index contributed by atoms with van der Waals surface area (Å²) >= 11 is 0. The Labute approximate surface area is 148 Å². The van der Waals surface area contributed by atoms with Crippen LogP contribution in [0.2, 0.25) is 0 Å². The second-order valence-electron chi connectivity index (χ2n) is 5.51. The van der Waals surface area contributed by atoms with E-state index in [-0.39, 0.29) is 36.9 Å². The lowest BCUT2D eigenvalue weighted by molar-refractivity contribution is -0.144. The Hall–Kier alpha value is -2.49. The first-order valence-electron chi connectivity index (χ1n) is 7.85. The van der Waals surface area contributed by atoms with E-state index in [0.29, 0.717) is 6.61 Å². The average Bonchev–Trinajstić information content (AvgIpc) is 3.38. The first-order chi connectivity index (χ1) is 11.5. The molecule has 0 bridgehead atoms. The van der Waals surface area contributed by atoms with Gasteiger partial charge in [-0.15, -0.1) is 0 Å². The van der Waals surface area contributed by atoms with Crippen molar-refractivity contribution in [3.8, 4) is 0 Å². The van der Waals surface area contributed by atoms with Crippen molar-refractivity contribution in [1.29, 1.82) is 0 Å². The molecule has 4 heteroatoms. The molecule has 0 aromatic heterocycles. The van der Waals surface area contributed by atoms with Crippen LogP contribution in [0, 0.1) is 17.6 Å². The Kier molecular flexibility index (Phi) is 7.99. The molecule has 1 fully saturated rings. The molecule has 0 aliphatic heterocycles. The summed E-state index contributed by atoms with van der Waals surface area (Å²) in [5, 5.41) is 0. The van der Waals surface area contributed by atoms with Gasteiger partial charge in [0.2, 0.25) is 0 Å². The molecular formula is C21H24F2O2. The third kappa shape index (κ3) is 6.14. The molecule has 0 N–H and O–H groups in total. The van der Waals surface area contributed by atoms with Crippen molar-refractivity contribution in [2.24, 2.45) is 5.92 Å². The van der Waals surface area contributed by atoms with Crippen molar-refractivity contribution in [2.75, 3.05) is 6.61 Å². The molecule has 1 aliphatic rings. The molecule has 0 spiro atoms. The van der Waals surface area contributed by atoms with Crippen LogP contribution >= 0.6 is 0 Å². The summed E-state index contributed by atoms with van der Waals surface area (Å²) in [6, 6.07) is 12.5. The van der Waals surface area contributed by atoms with Gasteiger partial charge in [0.1, 0.15) is 11.6 Å². The zero-order chi connectivity index (χ0) is 17.5. The fourth-order valence-corrected chi connectivity index (χ4v) is 2.38. The maximum Gasteiger partial charge on any atom is 0.309 e. The largest absolute Gasteiger partial charge is 0.466 e. The minimum Gasteiger partial charge on any atom is -0.466 e. The predicted octanol–water partition coefficient (Wildman–Crippen LogP) is 5.60. The molecule has 2 aromatic rings. The molecule has 2 aromatic carbocycles. The summed E-state index contributed by atoms with van der Waals surface area (Å²) in [6.45, 7) is 5.76. The van der Waals surface area contributed by atoms with Crippen molar-refractivity contribution >= 4 is 12.0 Å². The van der Waals surface area contributed by atoms with E-state index in [4.69, 9.17) is 4.74 Å². The molecule has 25 heavy (non-hydrogen) atoms. The van der Waals surface area contributed by atoms with Gasteiger partial charge >= 0.3 is 5.97 Å². The third-order valence-corrected chi connectivity index (χ3v) is 3.78. The van der Waals surface area contributed by atoms with Crippen LogP contribution in [0.4, 0.5) is 8.78 Å². The third-order valence-electron chi connectivity index (χ3n) is 3.78. The molecule has 0 saturated heterocycles. The highest BCUT2D eigenvalue weighted by molar-refractivity contribution is 5.77. The maximum atomic E-state index is 12.7. The van der Waals surface area contributed by atoms with E-state index in [1.807, 2.05) is 0 Å². The maximum absolute atomic E-state index is 12.7. The monoisotopic (exact) mass is 346 g/mol. The highest BCUT2D eigenvalue weighted by atomic mass is 19.1. The van der Waals surface area contributed by atoms with Gasteiger partial charge in [0, 0.05) is 0 Å². The summed E-state index contributed by atoms with van der Waals surface area (Å²) < 4.78 is 29.8. The Morgan fingerprint density at radius 2 is 1.64 bits per heavy atom. The molecule has 1 saturated carbocycles. The normalized spacial score (nSPS) is 17.4. The molecule has 0 radical (unpaired) electrons. The van der Waals surface area contributed by atoms with Crippen molar-refractivity contribution in [2.45, 2.75) is 26.7 Å². The van der Waals surface area contributed by atoms with Crippen LogP contribution < -0.4 is 0 Å². The van der Waals surface area contributed by atoms with Crippen LogP contribution in [0.1, 0.15) is 37.8 Å². The summed E-state index contributed by atoms with van der Waals surface area (Å²) in [7, 11) is 0. The van der Waals surface area contributed by atoms with Crippen LogP contribution in [0.5, 0.6) is 0 Å². The van der Waals surface area contributed by atoms with E-state index in [2.05, 4.69) is 6.58 Å². The minimum absolute atomic E-state index is 0. The quantitative estimate of drug-likeness (QED) is 0.674. The highest BCUT2D eigenvalue weighted by Gasteiger charge is 2.44. The van der Waals surface area contributed by atoms with Gasteiger partial charge in [-0.3, -0.25) is 4.79 Å². The van der Waals surface area contributed by atoms with E-state index in [0.717, 1.165) is 17.5 Å². The van der Waals surface area contributed by atoms with Crippen molar-refractivity contribution in [3.63, 3.8) is 0 Å². The number of carbonyl (C=O) groups is 1. The SMILES string of the molecule is C.C=Cc1ccc(F)cc1.CCOC(=O)C1CC1c1ccc(F)cc1. The molecule has 0 heterocycles. The van der Waals surface area contributed by atoms with Crippen LogP contribution in [0.3, 0.4) is 0 Å². The Bertz CT molecular complexity index is 678. The summed E-state index contributed by atoms with van der Waals surface area (Å²) in [5.41, 5.74) is 1.96. The van der Waals surface area contributed by atoms with E-state index in [9.17, 15) is 13.6 Å². The van der Waals surface area contributed by atoms with Crippen LogP contribution in [0.25, 0.3) is 6.08 Å². The molecule has 1 aliphatic carbocycles.